The van der Waals surface area contributed by atoms with Gasteiger partial charge in [-0.25, -0.2) is 8.42 Å². The lowest BCUT2D eigenvalue weighted by atomic mass is 10.2. The van der Waals surface area contributed by atoms with E-state index in [9.17, 15) is 13.2 Å². The number of carbonyl (C=O) groups is 1. The fraction of sp³-hybridized carbons (Fsp3) is 0.312. The second-order valence-electron chi connectivity index (χ2n) is 5.66. The smallest absolute Gasteiger partial charge is 0.267 e. The molecule has 0 saturated carbocycles. The number of thiophene rings is 1. The molecule has 134 valence electrons. The maximum atomic E-state index is 12.8. The Kier molecular flexibility index (Phi) is 5.70. The second-order valence-corrected chi connectivity index (χ2v) is 9.30. The third kappa shape index (κ3) is 4.01. The van der Waals surface area contributed by atoms with Crippen molar-refractivity contribution in [1.29, 1.82) is 0 Å². The summed E-state index contributed by atoms with van der Waals surface area (Å²) in [5, 5.41) is 4.98. The predicted molar refractivity (Wildman–Crippen MR) is 101 cm³/mol. The van der Waals surface area contributed by atoms with E-state index in [1.54, 1.807) is 17.5 Å². The minimum absolute atomic E-state index is 0.0527. The van der Waals surface area contributed by atoms with Gasteiger partial charge in [0.1, 0.15) is 9.77 Å². The molecule has 0 spiro atoms. The number of halogens is 2. The first-order valence-corrected chi connectivity index (χ1v) is 10.8. The van der Waals surface area contributed by atoms with Crippen molar-refractivity contribution in [3.63, 3.8) is 0 Å². The highest BCUT2D eigenvalue weighted by Crippen LogP contribution is 2.29. The van der Waals surface area contributed by atoms with E-state index >= 15 is 0 Å². The number of rotatable bonds is 4. The average molecular weight is 419 g/mol. The molecule has 25 heavy (non-hydrogen) atoms. The van der Waals surface area contributed by atoms with Gasteiger partial charge in [0.05, 0.1) is 10.0 Å². The van der Waals surface area contributed by atoms with E-state index in [-0.39, 0.29) is 9.77 Å². The van der Waals surface area contributed by atoms with Crippen molar-refractivity contribution in [3.8, 4) is 0 Å². The van der Waals surface area contributed by atoms with Crippen LogP contribution < -0.4 is 5.32 Å². The van der Waals surface area contributed by atoms with Crippen LogP contribution in [0.4, 0.5) is 5.69 Å². The monoisotopic (exact) mass is 418 g/mol. The van der Waals surface area contributed by atoms with Gasteiger partial charge in [-0.3, -0.25) is 4.79 Å². The molecular formula is C16H16Cl2N2O3S2. The number of carbonyl (C=O) groups excluding carboxylic acids is 1. The third-order valence-corrected chi connectivity index (χ3v) is 7.67. The topological polar surface area (TPSA) is 66.5 Å². The number of benzene rings is 1. The SMILES string of the molecule is O=C(Nc1ccc(Cl)c(Cl)c1)c1sccc1S(=O)(=O)N1CCCCC1. The van der Waals surface area contributed by atoms with Crippen LogP contribution >= 0.6 is 34.5 Å². The van der Waals surface area contributed by atoms with Gasteiger partial charge >= 0.3 is 0 Å². The molecule has 1 N–H and O–H groups in total. The van der Waals surface area contributed by atoms with E-state index in [0.717, 1.165) is 30.6 Å². The highest BCUT2D eigenvalue weighted by atomic mass is 35.5. The van der Waals surface area contributed by atoms with Gasteiger partial charge in [0.2, 0.25) is 10.0 Å². The maximum absolute atomic E-state index is 12.8. The van der Waals surface area contributed by atoms with Gasteiger partial charge in [-0.05, 0) is 42.5 Å². The zero-order valence-corrected chi connectivity index (χ0v) is 16.3. The number of nitrogens with one attached hydrogen (secondary N) is 1. The fourth-order valence-corrected chi connectivity index (χ4v) is 5.78. The molecule has 3 rings (SSSR count). The molecule has 1 fully saturated rings. The molecule has 1 aliphatic rings. The quantitative estimate of drug-likeness (QED) is 0.795. The highest BCUT2D eigenvalue weighted by molar-refractivity contribution is 7.89. The van der Waals surface area contributed by atoms with Crippen LogP contribution in [0.3, 0.4) is 0 Å². The lowest BCUT2D eigenvalue weighted by Gasteiger charge is -2.25. The molecule has 1 aromatic heterocycles. The van der Waals surface area contributed by atoms with E-state index in [1.807, 2.05) is 0 Å². The van der Waals surface area contributed by atoms with Gasteiger partial charge in [0, 0.05) is 18.8 Å². The molecule has 1 amide bonds. The molecule has 0 bridgehead atoms. The summed E-state index contributed by atoms with van der Waals surface area (Å²) in [7, 11) is -3.67. The first-order chi connectivity index (χ1) is 11.9. The number of anilines is 1. The van der Waals surface area contributed by atoms with E-state index < -0.39 is 15.9 Å². The van der Waals surface area contributed by atoms with Crippen molar-refractivity contribution in [2.75, 3.05) is 18.4 Å². The summed E-state index contributed by atoms with van der Waals surface area (Å²) >= 11 is 12.9. The molecule has 2 aromatic rings. The van der Waals surface area contributed by atoms with Crippen molar-refractivity contribution in [2.24, 2.45) is 0 Å². The van der Waals surface area contributed by atoms with E-state index in [0.29, 0.717) is 28.8 Å². The number of hydrogen-bond acceptors (Lipinski definition) is 4. The zero-order valence-electron chi connectivity index (χ0n) is 13.2. The van der Waals surface area contributed by atoms with Crippen LogP contribution in [0.2, 0.25) is 10.0 Å². The summed E-state index contributed by atoms with van der Waals surface area (Å²) in [4.78, 5) is 12.8. The summed E-state index contributed by atoms with van der Waals surface area (Å²) in [6.07, 6.45) is 2.71. The number of piperidine rings is 1. The van der Waals surface area contributed by atoms with E-state index in [2.05, 4.69) is 5.32 Å². The molecule has 0 atom stereocenters. The maximum Gasteiger partial charge on any atom is 0.267 e. The molecule has 2 heterocycles. The number of amides is 1. The zero-order chi connectivity index (χ0) is 18.0. The first-order valence-electron chi connectivity index (χ1n) is 7.73. The molecule has 1 aliphatic heterocycles. The Morgan fingerprint density at radius 2 is 1.80 bits per heavy atom. The summed E-state index contributed by atoms with van der Waals surface area (Å²) in [5.41, 5.74) is 0.453. The minimum Gasteiger partial charge on any atom is -0.321 e. The molecule has 0 unspecified atom stereocenters. The van der Waals surface area contributed by atoms with Crippen molar-refractivity contribution in [1.82, 2.24) is 4.31 Å². The minimum atomic E-state index is -3.67. The predicted octanol–water partition coefficient (Wildman–Crippen LogP) is 4.48. The molecule has 9 heteroatoms. The second kappa shape index (κ2) is 7.63. The number of nitrogens with zero attached hydrogens (tertiary/aromatic N) is 1. The molecule has 5 nitrogen and oxygen atoms in total. The van der Waals surface area contributed by atoms with Crippen LogP contribution in [0.1, 0.15) is 28.9 Å². The van der Waals surface area contributed by atoms with Crippen LogP contribution in [0.25, 0.3) is 0 Å². The highest BCUT2D eigenvalue weighted by Gasteiger charge is 2.31. The molecule has 0 radical (unpaired) electrons. The average Bonchev–Trinajstić information content (AvgIpc) is 3.10. The summed E-state index contributed by atoms with van der Waals surface area (Å²) in [6, 6.07) is 6.18. The van der Waals surface area contributed by atoms with Crippen molar-refractivity contribution in [3.05, 3.63) is 44.6 Å². The van der Waals surface area contributed by atoms with Gasteiger partial charge in [0.15, 0.2) is 0 Å². The van der Waals surface area contributed by atoms with Crippen molar-refractivity contribution in [2.45, 2.75) is 24.2 Å². The largest absolute Gasteiger partial charge is 0.321 e. The van der Waals surface area contributed by atoms with Crippen LogP contribution in [-0.2, 0) is 10.0 Å². The van der Waals surface area contributed by atoms with Gasteiger partial charge in [-0.15, -0.1) is 11.3 Å². The molecule has 1 saturated heterocycles. The Morgan fingerprint density at radius 3 is 2.48 bits per heavy atom. The molecular weight excluding hydrogens is 403 g/mol. The Labute approximate surface area is 160 Å². The lowest BCUT2D eigenvalue weighted by Crippen LogP contribution is -2.36. The summed E-state index contributed by atoms with van der Waals surface area (Å²) < 4.78 is 27.1. The Hall–Kier alpha value is -1.12. The number of sulfonamides is 1. The normalized spacial score (nSPS) is 15.9. The van der Waals surface area contributed by atoms with Gasteiger partial charge in [-0.2, -0.15) is 4.31 Å². The Balaban J connectivity index is 1.85. The standard InChI is InChI=1S/C16H16Cl2N2O3S2/c17-12-5-4-11(10-13(12)18)19-16(21)15-14(6-9-24-15)25(22,23)20-7-2-1-3-8-20/h4-6,9-10H,1-3,7-8H2,(H,19,21). The van der Waals surface area contributed by atoms with Crippen LogP contribution in [0.5, 0.6) is 0 Å². The van der Waals surface area contributed by atoms with Crippen LogP contribution in [0.15, 0.2) is 34.5 Å². The van der Waals surface area contributed by atoms with E-state index in [4.69, 9.17) is 23.2 Å². The van der Waals surface area contributed by atoms with Gasteiger partial charge in [0.25, 0.3) is 5.91 Å². The van der Waals surface area contributed by atoms with Gasteiger partial charge in [-0.1, -0.05) is 29.6 Å². The van der Waals surface area contributed by atoms with Crippen LogP contribution in [-0.4, -0.2) is 31.7 Å². The molecule has 1 aromatic carbocycles. The summed E-state index contributed by atoms with van der Waals surface area (Å²) in [5.74, 6) is -0.482. The fourth-order valence-electron chi connectivity index (χ4n) is 2.67. The van der Waals surface area contributed by atoms with Gasteiger partial charge < -0.3 is 5.32 Å². The van der Waals surface area contributed by atoms with E-state index in [1.165, 1.54) is 16.4 Å². The third-order valence-electron chi connectivity index (χ3n) is 3.95. The molecule has 0 aliphatic carbocycles. The Bertz CT molecular complexity index is 891. The first kappa shape index (κ1) is 18.7. The Morgan fingerprint density at radius 1 is 1.08 bits per heavy atom. The lowest BCUT2D eigenvalue weighted by molar-refractivity contribution is 0.102. The number of hydrogen-bond donors (Lipinski definition) is 1. The van der Waals surface area contributed by atoms with Crippen molar-refractivity contribution < 1.29 is 13.2 Å². The van der Waals surface area contributed by atoms with Crippen LogP contribution in [0, 0.1) is 0 Å². The summed E-state index contributed by atoms with van der Waals surface area (Å²) in [6.45, 7) is 0.984. The van der Waals surface area contributed by atoms with Crippen molar-refractivity contribution >= 4 is 56.2 Å².